The Morgan fingerprint density at radius 2 is 0.879 bits per heavy atom. The lowest BCUT2D eigenvalue weighted by Crippen LogP contribution is -2.37. The molecule has 0 fully saturated rings. The first-order chi connectivity index (χ1) is 32.1. The van der Waals surface area contributed by atoms with Gasteiger partial charge in [0.2, 0.25) is 0 Å². The van der Waals surface area contributed by atoms with Crippen molar-refractivity contribution < 1.29 is 37.3 Å². The number of ether oxygens (including phenoxy) is 2. The highest BCUT2D eigenvalue weighted by atomic mass is 31.2. The third-order valence-electron chi connectivity index (χ3n) is 11.8. The van der Waals surface area contributed by atoms with Crippen molar-refractivity contribution in [1.82, 2.24) is 0 Å². The summed E-state index contributed by atoms with van der Waals surface area (Å²) in [6.07, 6.45) is 64.2. The first-order valence-corrected chi connectivity index (χ1v) is 29.0. The Labute approximate surface area is 409 Å². The molecule has 386 valence electrons. The summed E-state index contributed by atoms with van der Waals surface area (Å²) >= 11 is 0. The van der Waals surface area contributed by atoms with Crippen molar-refractivity contribution in [2.45, 2.75) is 245 Å². The number of hydrogen-bond donors (Lipinski definition) is 1. The average Bonchev–Trinajstić information content (AvgIpc) is 3.28. The molecular weight excluding hydrogens is 842 g/mol. The molecule has 9 heteroatoms. The van der Waals surface area contributed by atoms with Gasteiger partial charge in [0.25, 0.3) is 0 Å². The zero-order chi connectivity index (χ0) is 48.3. The largest absolute Gasteiger partial charge is 0.472 e. The number of unbranched alkanes of at least 4 members (excludes halogenated alkanes) is 27. The number of nitrogens with zero attached hydrogens (tertiary/aromatic N) is 1. The van der Waals surface area contributed by atoms with Gasteiger partial charge in [-0.1, -0.05) is 235 Å². The summed E-state index contributed by atoms with van der Waals surface area (Å²) < 4.78 is 35.2. The number of esters is 1. The Kier molecular flexibility index (Phi) is 48.3. The number of carbonyl (C=O) groups excluding carboxylic acids is 1. The van der Waals surface area contributed by atoms with Crippen LogP contribution in [0.3, 0.4) is 0 Å². The highest BCUT2D eigenvalue weighted by Crippen LogP contribution is 2.43. The van der Waals surface area contributed by atoms with Crippen molar-refractivity contribution in [3.05, 3.63) is 60.8 Å². The highest BCUT2D eigenvalue weighted by molar-refractivity contribution is 7.47. The number of phosphoric acid groups is 1. The Bertz CT molecular complexity index is 1240. The van der Waals surface area contributed by atoms with Crippen molar-refractivity contribution in [2.75, 3.05) is 54.1 Å². The van der Waals surface area contributed by atoms with E-state index < -0.39 is 13.9 Å². The SMILES string of the molecule is CC/C=C\C/C=C\C/C=C\C/C=C\C/C=C\CCCCCCCCCCOCC(COP(=O)(O)OCC[N+](C)(C)C)OC(=O)CCCCCCCCCCCCCCCCCCCCCC. The van der Waals surface area contributed by atoms with E-state index in [0.29, 0.717) is 24.1 Å². The number of allylic oxidation sites excluding steroid dienone is 10. The molecular formula is C57H107NO7P+. The third-order valence-corrected chi connectivity index (χ3v) is 12.8. The van der Waals surface area contributed by atoms with E-state index in [4.69, 9.17) is 18.5 Å². The number of phosphoric ester groups is 1. The van der Waals surface area contributed by atoms with Crippen LogP contribution in [0.15, 0.2) is 60.8 Å². The molecule has 0 amide bonds. The van der Waals surface area contributed by atoms with Gasteiger partial charge in [0.15, 0.2) is 0 Å². The molecule has 0 spiro atoms. The topological polar surface area (TPSA) is 91.3 Å². The molecule has 0 aromatic rings. The fourth-order valence-corrected chi connectivity index (χ4v) is 8.38. The van der Waals surface area contributed by atoms with Crippen LogP contribution in [0.2, 0.25) is 0 Å². The summed E-state index contributed by atoms with van der Waals surface area (Å²) in [5, 5.41) is 0. The second kappa shape index (κ2) is 49.6. The van der Waals surface area contributed by atoms with Gasteiger partial charge in [0.1, 0.15) is 19.3 Å². The molecule has 2 atom stereocenters. The first kappa shape index (κ1) is 64.2. The van der Waals surface area contributed by atoms with Crippen molar-refractivity contribution >= 4 is 13.8 Å². The molecule has 0 rings (SSSR count). The molecule has 0 aromatic heterocycles. The second-order valence-corrected chi connectivity index (χ2v) is 21.0. The van der Waals surface area contributed by atoms with Gasteiger partial charge in [-0.05, 0) is 57.8 Å². The first-order valence-electron chi connectivity index (χ1n) is 27.5. The van der Waals surface area contributed by atoms with Crippen LogP contribution < -0.4 is 0 Å². The lowest BCUT2D eigenvalue weighted by atomic mass is 10.0. The normalized spacial score (nSPS) is 14.0. The molecule has 0 aliphatic heterocycles. The lowest BCUT2D eigenvalue weighted by Gasteiger charge is -2.24. The van der Waals surface area contributed by atoms with Crippen LogP contribution in [0.1, 0.15) is 239 Å². The van der Waals surface area contributed by atoms with E-state index in [0.717, 1.165) is 70.6 Å². The lowest BCUT2D eigenvalue weighted by molar-refractivity contribution is -0.870. The van der Waals surface area contributed by atoms with E-state index >= 15 is 0 Å². The average molecular weight is 949 g/mol. The maximum absolute atomic E-state index is 12.8. The van der Waals surface area contributed by atoms with Gasteiger partial charge in [-0.2, -0.15) is 0 Å². The zero-order valence-corrected chi connectivity index (χ0v) is 44.8. The van der Waals surface area contributed by atoms with E-state index in [9.17, 15) is 14.3 Å². The van der Waals surface area contributed by atoms with Crippen molar-refractivity contribution in [1.29, 1.82) is 0 Å². The van der Waals surface area contributed by atoms with E-state index in [1.807, 2.05) is 21.1 Å². The Morgan fingerprint density at radius 1 is 0.485 bits per heavy atom. The molecule has 0 aliphatic carbocycles. The summed E-state index contributed by atoms with van der Waals surface area (Å²) in [7, 11) is 1.66. The van der Waals surface area contributed by atoms with Crippen LogP contribution in [-0.4, -0.2) is 75.6 Å². The number of quaternary nitrogens is 1. The predicted octanol–water partition coefficient (Wildman–Crippen LogP) is 17.2. The number of carbonyl (C=O) groups is 1. The van der Waals surface area contributed by atoms with Crippen LogP contribution >= 0.6 is 7.82 Å². The van der Waals surface area contributed by atoms with E-state index in [1.165, 1.54) is 148 Å². The summed E-state index contributed by atoms with van der Waals surface area (Å²) in [5.41, 5.74) is 0. The fourth-order valence-electron chi connectivity index (χ4n) is 7.64. The van der Waals surface area contributed by atoms with Crippen molar-refractivity contribution in [2.24, 2.45) is 0 Å². The minimum atomic E-state index is -4.29. The molecule has 0 saturated carbocycles. The van der Waals surface area contributed by atoms with E-state index in [-0.39, 0.29) is 25.8 Å². The molecule has 1 N–H and O–H groups in total. The fraction of sp³-hybridized carbons (Fsp3) is 0.807. The molecule has 8 nitrogen and oxygen atoms in total. The summed E-state index contributed by atoms with van der Waals surface area (Å²) in [6, 6.07) is 0. The molecule has 0 bridgehead atoms. The smallest absolute Gasteiger partial charge is 0.457 e. The Morgan fingerprint density at radius 3 is 1.32 bits per heavy atom. The van der Waals surface area contributed by atoms with E-state index in [1.54, 1.807) is 0 Å². The van der Waals surface area contributed by atoms with Crippen LogP contribution in [0.4, 0.5) is 0 Å². The van der Waals surface area contributed by atoms with Gasteiger partial charge in [0.05, 0.1) is 34.4 Å². The van der Waals surface area contributed by atoms with Crippen LogP contribution in [0.5, 0.6) is 0 Å². The maximum Gasteiger partial charge on any atom is 0.472 e. The van der Waals surface area contributed by atoms with Gasteiger partial charge < -0.3 is 18.9 Å². The highest BCUT2D eigenvalue weighted by Gasteiger charge is 2.26. The number of rotatable bonds is 51. The third kappa shape index (κ3) is 53.2. The van der Waals surface area contributed by atoms with Crippen LogP contribution in [-0.2, 0) is 27.9 Å². The Balaban J connectivity index is 4.12. The standard InChI is InChI=1S/C57H106NO7P/c1-6-8-10-12-14-16-18-20-22-24-26-28-29-30-31-33-35-37-39-41-43-45-47-49-52-62-54-56(55-64-66(60,61)63-53-51-58(3,4)5)65-57(59)50-48-46-44-42-40-38-36-34-32-27-25-23-21-19-17-15-13-11-9-7-2/h8,10,14,16,20,22,26,28,30-31,56H,6-7,9,11-13,15,17-19,21,23-25,27,29,32-55H2,1-5H3/p+1/b10-8-,16-14-,22-20-,28-26-,31-30-. The van der Waals surface area contributed by atoms with Crippen LogP contribution in [0.25, 0.3) is 0 Å². The minimum Gasteiger partial charge on any atom is -0.457 e. The number of hydrogen-bond acceptors (Lipinski definition) is 6. The number of likely N-dealkylation sites (N-methyl/N-ethyl adjacent to an activating group) is 1. The van der Waals surface area contributed by atoms with Gasteiger partial charge in [-0.25, -0.2) is 4.57 Å². The van der Waals surface area contributed by atoms with E-state index in [2.05, 4.69) is 74.6 Å². The van der Waals surface area contributed by atoms with Gasteiger partial charge in [0, 0.05) is 13.0 Å². The van der Waals surface area contributed by atoms with Gasteiger partial charge in [-0.15, -0.1) is 0 Å². The maximum atomic E-state index is 12.8. The molecule has 0 saturated heterocycles. The summed E-state index contributed by atoms with van der Waals surface area (Å²) in [5.74, 6) is -0.314. The quantitative estimate of drug-likeness (QED) is 0.0213. The minimum absolute atomic E-state index is 0.0861. The predicted molar refractivity (Wildman–Crippen MR) is 284 cm³/mol. The Hall–Kier alpha value is -1.80. The molecule has 0 heterocycles. The van der Waals surface area contributed by atoms with Crippen molar-refractivity contribution in [3.8, 4) is 0 Å². The zero-order valence-electron chi connectivity index (χ0n) is 43.9. The van der Waals surface area contributed by atoms with Gasteiger partial charge in [-0.3, -0.25) is 13.8 Å². The monoisotopic (exact) mass is 949 g/mol. The molecule has 0 radical (unpaired) electrons. The van der Waals surface area contributed by atoms with Gasteiger partial charge >= 0.3 is 13.8 Å². The second-order valence-electron chi connectivity index (χ2n) is 19.6. The van der Waals surface area contributed by atoms with Crippen molar-refractivity contribution in [3.63, 3.8) is 0 Å². The molecule has 66 heavy (non-hydrogen) atoms. The summed E-state index contributed by atoms with van der Waals surface area (Å²) in [4.78, 5) is 23.1. The molecule has 0 aliphatic rings. The summed E-state index contributed by atoms with van der Waals surface area (Å²) in [6.45, 7) is 5.52. The molecule has 2 unspecified atom stereocenters. The van der Waals surface area contributed by atoms with Crippen LogP contribution in [0, 0.1) is 0 Å². The molecule has 0 aromatic carbocycles.